The molecule has 2 N–H and O–H groups in total. The molecule has 7 nitrogen and oxygen atoms in total. The van der Waals surface area contributed by atoms with Gasteiger partial charge in [-0.2, -0.15) is 0 Å². The van der Waals surface area contributed by atoms with Crippen LogP contribution in [-0.4, -0.2) is 31.9 Å². The van der Waals surface area contributed by atoms with Gasteiger partial charge in [0.1, 0.15) is 0 Å². The quantitative estimate of drug-likeness (QED) is 0.437. The minimum absolute atomic E-state index is 0.0318. The first-order valence-electron chi connectivity index (χ1n) is 6.87. The van der Waals surface area contributed by atoms with E-state index in [9.17, 15) is 9.59 Å². The third kappa shape index (κ3) is 2.34. The van der Waals surface area contributed by atoms with Crippen molar-refractivity contribution in [3.8, 4) is 0 Å². The van der Waals surface area contributed by atoms with Gasteiger partial charge in [0.2, 0.25) is 11.6 Å². The summed E-state index contributed by atoms with van der Waals surface area (Å²) in [6.07, 6.45) is 0. The van der Waals surface area contributed by atoms with Crippen LogP contribution in [0.25, 0.3) is 22.1 Å². The third-order valence-electron chi connectivity index (χ3n) is 3.35. The van der Waals surface area contributed by atoms with Gasteiger partial charge in [0.25, 0.3) is 0 Å². The van der Waals surface area contributed by atoms with Crippen LogP contribution in [0.1, 0.15) is 21.2 Å². The van der Waals surface area contributed by atoms with Crippen LogP contribution < -0.4 is 0 Å². The summed E-state index contributed by atoms with van der Waals surface area (Å²) in [6.45, 7) is 0. The molecule has 4 aromatic rings. The molecule has 112 valence electrons. The number of rotatable bonds is 2. The number of fused-ring (bicyclic) bond motifs is 2. The van der Waals surface area contributed by atoms with Crippen molar-refractivity contribution in [2.24, 2.45) is 0 Å². The van der Waals surface area contributed by atoms with Crippen LogP contribution in [0.15, 0.2) is 48.5 Å². The van der Waals surface area contributed by atoms with Crippen LogP contribution in [0.4, 0.5) is 0 Å². The molecule has 0 amide bonds. The maximum absolute atomic E-state index is 12.0. The fraction of sp³-hybridized carbons (Fsp3) is 0. The van der Waals surface area contributed by atoms with E-state index < -0.39 is 11.9 Å². The summed E-state index contributed by atoms with van der Waals surface area (Å²) in [6, 6.07) is 14.3. The molecule has 2 aromatic carbocycles. The predicted molar refractivity (Wildman–Crippen MR) is 81.9 cm³/mol. The Hall–Kier alpha value is -3.48. The number of para-hydroxylation sites is 4. The third-order valence-corrected chi connectivity index (χ3v) is 3.35. The lowest BCUT2D eigenvalue weighted by Crippen LogP contribution is -2.15. The van der Waals surface area contributed by atoms with Crippen LogP contribution >= 0.6 is 0 Å². The zero-order chi connectivity index (χ0) is 15.8. The highest BCUT2D eigenvalue weighted by Gasteiger charge is 2.20. The van der Waals surface area contributed by atoms with Gasteiger partial charge in [-0.3, -0.25) is 0 Å². The molecule has 0 aliphatic rings. The monoisotopic (exact) mass is 306 g/mol. The van der Waals surface area contributed by atoms with Gasteiger partial charge in [-0.15, -0.1) is 0 Å². The van der Waals surface area contributed by atoms with Gasteiger partial charge >= 0.3 is 11.9 Å². The van der Waals surface area contributed by atoms with E-state index in [1.807, 2.05) is 12.1 Å². The average Bonchev–Trinajstić information content (AvgIpc) is 3.18. The molecule has 23 heavy (non-hydrogen) atoms. The molecule has 0 saturated heterocycles. The van der Waals surface area contributed by atoms with Crippen molar-refractivity contribution < 1.29 is 14.3 Å². The highest BCUT2D eigenvalue weighted by atomic mass is 16.6. The van der Waals surface area contributed by atoms with Crippen LogP contribution in [-0.2, 0) is 4.74 Å². The Morgan fingerprint density at radius 2 is 1.17 bits per heavy atom. The van der Waals surface area contributed by atoms with Crippen LogP contribution in [0, 0.1) is 0 Å². The molecule has 0 radical (unpaired) electrons. The number of aromatic nitrogens is 4. The number of hydrogen-bond donors (Lipinski definition) is 2. The van der Waals surface area contributed by atoms with Crippen LogP contribution in [0.5, 0.6) is 0 Å². The molecule has 0 aliphatic heterocycles. The lowest BCUT2D eigenvalue weighted by molar-refractivity contribution is 0.0382. The summed E-state index contributed by atoms with van der Waals surface area (Å²) < 4.78 is 4.82. The lowest BCUT2D eigenvalue weighted by Gasteiger charge is -1.97. The molecule has 0 spiro atoms. The Kier molecular flexibility index (Phi) is 2.90. The number of H-pyrrole nitrogens is 2. The summed E-state index contributed by atoms with van der Waals surface area (Å²) in [4.78, 5) is 37.9. The standard InChI is InChI=1S/C16H10N4O3/c21-15(13-17-9-5-1-2-6-10(9)18-13)23-16(22)14-19-11-7-3-4-8-12(11)20-14/h1-8H,(H,17,18)(H,19,20). The number of esters is 2. The van der Waals surface area contributed by atoms with E-state index in [1.165, 1.54) is 0 Å². The molecule has 2 aromatic heterocycles. The fourth-order valence-electron chi connectivity index (χ4n) is 2.28. The second-order valence-electron chi connectivity index (χ2n) is 4.88. The number of ether oxygens (including phenoxy) is 1. The molecule has 4 rings (SSSR count). The first-order chi connectivity index (χ1) is 11.2. The van der Waals surface area contributed by atoms with E-state index in [0.29, 0.717) is 22.1 Å². The number of nitrogens with one attached hydrogen (secondary N) is 2. The van der Waals surface area contributed by atoms with E-state index in [1.54, 1.807) is 36.4 Å². The van der Waals surface area contributed by atoms with Crippen molar-refractivity contribution >= 4 is 34.0 Å². The SMILES string of the molecule is O=C(OC(=O)c1nc2ccccc2[nH]1)c1nc2ccccc2[nH]1. The fourth-order valence-corrected chi connectivity index (χ4v) is 2.28. The van der Waals surface area contributed by atoms with E-state index in [-0.39, 0.29) is 11.6 Å². The van der Waals surface area contributed by atoms with Gasteiger partial charge in [0.15, 0.2) is 0 Å². The molecular formula is C16H10N4O3. The largest absolute Gasteiger partial charge is 0.382 e. The summed E-state index contributed by atoms with van der Waals surface area (Å²) >= 11 is 0. The number of nitrogens with zero attached hydrogens (tertiary/aromatic N) is 2. The van der Waals surface area contributed by atoms with Gasteiger partial charge in [-0.1, -0.05) is 24.3 Å². The van der Waals surface area contributed by atoms with Crippen LogP contribution in [0.2, 0.25) is 0 Å². The van der Waals surface area contributed by atoms with Crippen molar-refractivity contribution in [1.82, 2.24) is 19.9 Å². The Morgan fingerprint density at radius 3 is 1.61 bits per heavy atom. The Labute approximate surface area is 129 Å². The summed E-state index contributed by atoms with van der Waals surface area (Å²) in [5.74, 6) is -1.77. The van der Waals surface area contributed by atoms with Gasteiger partial charge < -0.3 is 14.7 Å². The number of imidazole rings is 2. The first kappa shape index (κ1) is 13.2. The Balaban J connectivity index is 1.58. The highest BCUT2D eigenvalue weighted by Crippen LogP contribution is 2.13. The molecule has 0 fully saturated rings. The lowest BCUT2D eigenvalue weighted by atomic mass is 10.3. The molecule has 7 heteroatoms. The predicted octanol–water partition coefficient (Wildman–Crippen LogP) is 2.44. The molecule has 0 atom stereocenters. The minimum Gasteiger partial charge on any atom is -0.381 e. The van der Waals surface area contributed by atoms with Gasteiger partial charge in [-0.05, 0) is 24.3 Å². The average molecular weight is 306 g/mol. The number of carbonyl (C=O) groups is 2. The molecule has 0 bridgehead atoms. The number of benzene rings is 2. The summed E-state index contributed by atoms with van der Waals surface area (Å²) in [5, 5.41) is 0. The van der Waals surface area contributed by atoms with Gasteiger partial charge in [0.05, 0.1) is 22.1 Å². The van der Waals surface area contributed by atoms with E-state index in [0.717, 1.165) is 0 Å². The zero-order valence-electron chi connectivity index (χ0n) is 11.7. The van der Waals surface area contributed by atoms with Gasteiger partial charge in [-0.25, -0.2) is 19.6 Å². The minimum atomic E-state index is -0.855. The van der Waals surface area contributed by atoms with Crippen molar-refractivity contribution in [2.45, 2.75) is 0 Å². The maximum atomic E-state index is 12.0. The molecular weight excluding hydrogens is 296 g/mol. The normalized spacial score (nSPS) is 11.0. The molecule has 0 saturated carbocycles. The van der Waals surface area contributed by atoms with Crippen molar-refractivity contribution in [1.29, 1.82) is 0 Å². The van der Waals surface area contributed by atoms with E-state index >= 15 is 0 Å². The topological polar surface area (TPSA) is 101 Å². The van der Waals surface area contributed by atoms with Crippen molar-refractivity contribution in [3.05, 3.63) is 60.2 Å². The molecule has 2 heterocycles. The molecule has 0 aliphatic carbocycles. The smallest absolute Gasteiger partial charge is 0.381 e. The Bertz CT molecular complexity index is 898. The summed E-state index contributed by atoms with van der Waals surface area (Å²) in [5.41, 5.74) is 2.62. The second-order valence-corrected chi connectivity index (χ2v) is 4.88. The number of carbonyl (C=O) groups excluding carboxylic acids is 2. The summed E-state index contributed by atoms with van der Waals surface area (Å²) in [7, 11) is 0. The second kappa shape index (κ2) is 5.06. The first-order valence-corrected chi connectivity index (χ1v) is 6.87. The van der Waals surface area contributed by atoms with E-state index in [2.05, 4.69) is 19.9 Å². The zero-order valence-corrected chi connectivity index (χ0v) is 11.7. The van der Waals surface area contributed by atoms with Crippen molar-refractivity contribution in [2.75, 3.05) is 0 Å². The van der Waals surface area contributed by atoms with Gasteiger partial charge in [0, 0.05) is 0 Å². The van der Waals surface area contributed by atoms with Crippen molar-refractivity contribution in [3.63, 3.8) is 0 Å². The van der Waals surface area contributed by atoms with E-state index in [4.69, 9.17) is 4.74 Å². The maximum Gasteiger partial charge on any atom is 0.382 e. The van der Waals surface area contributed by atoms with Crippen LogP contribution in [0.3, 0.4) is 0 Å². The number of aromatic amines is 2. The Morgan fingerprint density at radius 1 is 0.739 bits per heavy atom. The highest BCUT2D eigenvalue weighted by molar-refractivity contribution is 6.01. The molecule has 0 unspecified atom stereocenters. The number of hydrogen-bond acceptors (Lipinski definition) is 5.